The van der Waals surface area contributed by atoms with Crippen LogP contribution in [0.2, 0.25) is 0 Å². The van der Waals surface area contributed by atoms with Crippen molar-refractivity contribution in [3.05, 3.63) is 0 Å². The number of hydrogen-bond acceptors (Lipinski definition) is 4. The second-order valence-corrected chi connectivity index (χ2v) is 6.03. The molecule has 1 aliphatic rings. The number of nitrogens with two attached hydrogens (primary N) is 1. The third-order valence-corrected chi connectivity index (χ3v) is 3.49. The average molecular weight is 270 g/mol. The highest BCUT2D eigenvalue weighted by Gasteiger charge is 2.28. The fourth-order valence-electron chi connectivity index (χ4n) is 2.19. The molecule has 1 aliphatic heterocycles. The minimum atomic E-state index is -0.664. The highest BCUT2D eigenvalue weighted by atomic mass is 16.6. The number of hydrogen-bond donors (Lipinski definition) is 2. The van der Waals surface area contributed by atoms with Gasteiger partial charge < -0.3 is 15.8 Å². The van der Waals surface area contributed by atoms with Crippen LogP contribution in [0.1, 0.15) is 52.9 Å². The third-order valence-electron chi connectivity index (χ3n) is 3.49. The third kappa shape index (κ3) is 5.59. The molecule has 110 valence electrons. The fraction of sp³-hybridized carbons (Fsp3) is 0.857. The summed E-state index contributed by atoms with van der Waals surface area (Å²) in [5.41, 5.74) is 4.86. The number of ether oxygens (including phenoxy) is 1. The molecule has 0 aromatic carbocycles. The van der Waals surface area contributed by atoms with Crippen LogP contribution in [0.4, 0.5) is 0 Å². The Kier molecular flexibility index (Phi) is 5.79. The van der Waals surface area contributed by atoms with Gasteiger partial charge in [0.2, 0.25) is 5.91 Å². The Labute approximate surface area is 115 Å². The number of nitrogens with one attached hydrogen (secondary N) is 1. The Balaban J connectivity index is 2.53. The first-order valence-corrected chi connectivity index (χ1v) is 7.06. The van der Waals surface area contributed by atoms with Gasteiger partial charge in [0.1, 0.15) is 5.60 Å². The molecule has 3 N–H and O–H groups in total. The lowest BCUT2D eigenvalue weighted by Gasteiger charge is -2.26. The van der Waals surface area contributed by atoms with Crippen molar-refractivity contribution in [1.29, 1.82) is 0 Å². The number of carbonyl (C=O) groups is 2. The molecule has 1 fully saturated rings. The van der Waals surface area contributed by atoms with Crippen molar-refractivity contribution >= 4 is 11.9 Å². The summed E-state index contributed by atoms with van der Waals surface area (Å²) >= 11 is 0. The van der Waals surface area contributed by atoms with Crippen LogP contribution in [-0.4, -0.2) is 30.1 Å². The number of rotatable bonds is 4. The number of amides is 1. The summed E-state index contributed by atoms with van der Waals surface area (Å²) in [6, 6.07) is 0.187. The van der Waals surface area contributed by atoms with E-state index in [1.807, 2.05) is 6.92 Å². The van der Waals surface area contributed by atoms with Crippen LogP contribution in [0.25, 0.3) is 0 Å². The zero-order valence-electron chi connectivity index (χ0n) is 12.2. The maximum absolute atomic E-state index is 12.0. The summed E-state index contributed by atoms with van der Waals surface area (Å²) in [5, 5.41) is 2.94. The van der Waals surface area contributed by atoms with Gasteiger partial charge in [0.15, 0.2) is 0 Å². The highest BCUT2D eigenvalue weighted by Crippen LogP contribution is 2.20. The topological polar surface area (TPSA) is 81.4 Å². The van der Waals surface area contributed by atoms with Crippen LogP contribution < -0.4 is 11.1 Å². The lowest BCUT2D eigenvalue weighted by Crippen LogP contribution is -2.41. The summed E-state index contributed by atoms with van der Waals surface area (Å²) in [6.45, 7) is 5.80. The monoisotopic (exact) mass is 270 g/mol. The van der Waals surface area contributed by atoms with E-state index in [-0.39, 0.29) is 36.8 Å². The molecule has 0 bridgehead atoms. The zero-order chi connectivity index (χ0) is 14.5. The van der Waals surface area contributed by atoms with E-state index in [9.17, 15) is 9.59 Å². The molecule has 1 heterocycles. The van der Waals surface area contributed by atoms with Crippen LogP contribution in [0.3, 0.4) is 0 Å². The van der Waals surface area contributed by atoms with Crippen molar-refractivity contribution in [2.45, 2.75) is 64.5 Å². The van der Waals surface area contributed by atoms with E-state index in [4.69, 9.17) is 10.5 Å². The molecular formula is C14H26N2O3. The van der Waals surface area contributed by atoms with E-state index in [1.165, 1.54) is 0 Å². The lowest BCUT2D eigenvalue weighted by molar-refractivity contribution is -0.158. The minimum Gasteiger partial charge on any atom is -0.458 e. The summed E-state index contributed by atoms with van der Waals surface area (Å²) in [4.78, 5) is 23.9. The van der Waals surface area contributed by atoms with Crippen LogP contribution >= 0.6 is 0 Å². The Morgan fingerprint density at radius 1 is 1.42 bits per heavy atom. The fourth-order valence-corrected chi connectivity index (χ4v) is 2.19. The smallest absolute Gasteiger partial charge is 0.307 e. The standard InChI is InChI=1S/C14H26N2O3/c1-10-6-4-5-7-11(13(18)16-10)8-12(17)19-14(2,3)9-15/h10-11H,4-9,15H2,1-3H3,(H,16,18). The molecule has 5 heteroatoms. The first-order chi connectivity index (χ1) is 8.84. The average Bonchev–Trinajstić information content (AvgIpc) is 2.30. The summed E-state index contributed by atoms with van der Waals surface area (Å²) in [6.07, 6.45) is 3.96. The van der Waals surface area contributed by atoms with E-state index >= 15 is 0 Å². The molecule has 1 saturated heterocycles. The second-order valence-electron chi connectivity index (χ2n) is 6.03. The van der Waals surface area contributed by atoms with Gasteiger partial charge in [0, 0.05) is 18.5 Å². The van der Waals surface area contributed by atoms with Crippen molar-refractivity contribution in [2.75, 3.05) is 6.54 Å². The van der Waals surface area contributed by atoms with Gasteiger partial charge in [0.25, 0.3) is 0 Å². The van der Waals surface area contributed by atoms with Crippen molar-refractivity contribution in [1.82, 2.24) is 5.32 Å². The van der Waals surface area contributed by atoms with E-state index in [1.54, 1.807) is 13.8 Å². The number of esters is 1. The van der Waals surface area contributed by atoms with Gasteiger partial charge in [-0.3, -0.25) is 9.59 Å². The Hall–Kier alpha value is -1.10. The van der Waals surface area contributed by atoms with Gasteiger partial charge in [-0.25, -0.2) is 0 Å². The maximum Gasteiger partial charge on any atom is 0.307 e. The number of carbonyl (C=O) groups excluding carboxylic acids is 2. The van der Waals surface area contributed by atoms with E-state index in [2.05, 4.69) is 5.32 Å². The molecule has 1 rings (SSSR count). The summed E-state index contributed by atoms with van der Waals surface area (Å²) in [7, 11) is 0. The summed E-state index contributed by atoms with van der Waals surface area (Å²) in [5.74, 6) is -0.651. The van der Waals surface area contributed by atoms with Crippen molar-refractivity contribution < 1.29 is 14.3 Å². The Morgan fingerprint density at radius 2 is 2.05 bits per heavy atom. The molecule has 19 heavy (non-hydrogen) atoms. The predicted octanol–water partition coefficient (Wildman–Crippen LogP) is 1.35. The predicted molar refractivity (Wildman–Crippen MR) is 73.4 cm³/mol. The second kappa shape index (κ2) is 6.89. The molecule has 2 unspecified atom stereocenters. The first kappa shape index (κ1) is 16.0. The molecule has 0 aromatic heterocycles. The van der Waals surface area contributed by atoms with E-state index in [0.29, 0.717) is 0 Å². The Morgan fingerprint density at radius 3 is 2.68 bits per heavy atom. The van der Waals surface area contributed by atoms with Gasteiger partial charge in [0.05, 0.1) is 6.42 Å². The highest BCUT2D eigenvalue weighted by molar-refractivity contribution is 5.84. The van der Waals surface area contributed by atoms with Crippen LogP contribution in [0.15, 0.2) is 0 Å². The van der Waals surface area contributed by atoms with Crippen molar-refractivity contribution in [2.24, 2.45) is 11.7 Å². The van der Waals surface area contributed by atoms with Gasteiger partial charge in [-0.15, -0.1) is 0 Å². The molecule has 0 aliphatic carbocycles. The quantitative estimate of drug-likeness (QED) is 0.756. The molecule has 0 saturated carbocycles. The molecule has 0 aromatic rings. The van der Waals surface area contributed by atoms with Crippen molar-refractivity contribution in [3.63, 3.8) is 0 Å². The molecule has 0 radical (unpaired) electrons. The van der Waals surface area contributed by atoms with Gasteiger partial charge >= 0.3 is 5.97 Å². The molecule has 1 amide bonds. The summed E-state index contributed by atoms with van der Waals surface area (Å²) < 4.78 is 5.29. The zero-order valence-corrected chi connectivity index (χ0v) is 12.2. The molecule has 2 atom stereocenters. The van der Waals surface area contributed by atoms with E-state index in [0.717, 1.165) is 25.7 Å². The Bertz CT molecular complexity index is 329. The van der Waals surface area contributed by atoms with Crippen LogP contribution in [0, 0.1) is 5.92 Å². The molecular weight excluding hydrogens is 244 g/mol. The lowest BCUT2D eigenvalue weighted by atomic mass is 9.93. The molecule has 5 nitrogen and oxygen atoms in total. The van der Waals surface area contributed by atoms with Crippen molar-refractivity contribution in [3.8, 4) is 0 Å². The van der Waals surface area contributed by atoms with Gasteiger partial charge in [-0.2, -0.15) is 0 Å². The molecule has 0 spiro atoms. The largest absolute Gasteiger partial charge is 0.458 e. The maximum atomic E-state index is 12.0. The SMILES string of the molecule is CC1CCCCC(CC(=O)OC(C)(C)CN)C(=O)N1. The van der Waals surface area contributed by atoms with Gasteiger partial charge in [-0.05, 0) is 33.6 Å². The normalized spacial score (nSPS) is 25.2. The minimum absolute atomic E-state index is 0.0327. The van der Waals surface area contributed by atoms with Gasteiger partial charge in [-0.1, -0.05) is 12.8 Å². The first-order valence-electron chi connectivity index (χ1n) is 7.06. The van der Waals surface area contributed by atoms with E-state index < -0.39 is 5.60 Å². The van der Waals surface area contributed by atoms with Crippen LogP contribution in [0.5, 0.6) is 0 Å². The van der Waals surface area contributed by atoms with Crippen LogP contribution in [-0.2, 0) is 14.3 Å².